The standard InChI is InChI=1S/C26H36N6O/c1-19(2)30-13-9-22(10-14-30)32-17-20-6-7-23(32)18-31(16-20)25-15-21(8-12-28-25)29-26(33)24-5-3-4-11-27-24/h3-5,8,11-12,15,19-20,22-23H,6-7,9-10,13-14,16-18H2,1-2H3,(H,28,29,33). The number of likely N-dealkylation sites (tertiary alicyclic amines) is 1. The van der Waals surface area contributed by atoms with Gasteiger partial charge in [-0.25, -0.2) is 4.98 Å². The van der Waals surface area contributed by atoms with E-state index in [-0.39, 0.29) is 5.91 Å². The second kappa shape index (κ2) is 9.77. The largest absolute Gasteiger partial charge is 0.355 e. The van der Waals surface area contributed by atoms with Crippen LogP contribution in [0, 0.1) is 5.92 Å². The zero-order chi connectivity index (χ0) is 22.8. The maximum absolute atomic E-state index is 12.5. The summed E-state index contributed by atoms with van der Waals surface area (Å²) in [5, 5.41) is 2.98. The molecule has 4 fully saturated rings. The number of amides is 1. The van der Waals surface area contributed by atoms with Crippen LogP contribution in [0.3, 0.4) is 0 Å². The molecule has 0 saturated carbocycles. The number of hydrogen-bond acceptors (Lipinski definition) is 6. The van der Waals surface area contributed by atoms with Crippen LogP contribution in [0.25, 0.3) is 0 Å². The van der Waals surface area contributed by atoms with E-state index in [1.165, 1.54) is 45.3 Å². The number of piperidine rings is 2. The molecule has 33 heavy (non-hydrogen) atoms. The quantitative estimate of drug-likeness (QED) is 0.755. The van der Waals surface area contributed by atoms with Crippen molar-refractivity contribution in [1.29, 1.82) is 0 Å². The van der Waals surface area contributed by atoms with Crippen LogP contribution in [-0.2, 0) is 0 Å². The predicted molar refractivity (Wildman–Crippen MR) is 132 cm³/mol. The van der Waals surface area contributed by atoms with Crippen molar-refractivity contribution in [3.05, 3.63) is 48.4 Å². The average Bonchev–Trinajstić information content (AvgIpc) is 3.17. The number of rotatable bonds is 5. The summed E-state index contributed by atoms with van der Waals surface area (Å²) in [4.78, 5) is 29.3. The molecule has 1 amide bonds. The smallest absolute Gasteiger partial charge is 0.274 e. The topological polar surface area (TPSA) is 64.6 Å². The van der Waals surface area contributed by atoms with Gasteiger partial charge in [-0.05, 0) is 76.7 Å². The Labute approximate surface area is 197 Å². The van der Waals surface area contributed by atoms with Crippen LogP contribution in [-0.4, -0.2) is 76.5 Å². The van der Waals surface area contributed by atoms with Gasteiger partial charge in [0.05, 0.1) is 0 Å². The zero-order valence-corrected chi connectivity index (χ0v) is 19.9. The first-order chi connectivity index (χ1) is 16.1. The average molecular weight is 449 g/mol. The number of fused-ring (bicyclic) bond motifs is 4. The second-order valence-electron chi connectivity index (χ2n) is 10.1. The predicted octanol–water partition coefficient (Wildman–Crippen LogP) is 3.50. The van der Waals surface area contributed by atoms with Gasteiger partial charge in [0.15, 0.2) is 0 Å². The number of anilines is 2. The van der Waals surface area contributed by atoms with Gasteiger partial charge in [0.2, 0.25) is 0 Å². The second-order valence-corrected chi connectivity index (χ2v) is 10.1. The lowest BCUT2D eigenvalue weighted by Gasteiger charge is -2.45. The van der Waals surface area contributed by atoms with Gasteiger partial charge in [0, 0.05) is 61.9 Å². The Morgan fingerprint density at radius 3 is 2.58 bits per heavy atom. The Balaban J connectivity index is 1.26. The highest BCUT2D eigenvalue weighted by molar-refractivity contribution is 6.02. The fourth-order valence-electron chi connectivity index (χ4n) is 5.85. The van der Waals surface area contributed by atoms with Crippen LogP contribution in [0.15, 0.2) is 42.7 Å². The van der Waals surface area contributed by atoms with Crippen molar-refractivity contribution in [1.82, 2.24) is 19.8 Å². The number of carbonyl (C=O) groups excluding carboxylic acids is 1. The molecule has 2 aromatic heterocycles. The molecule has 7 nitrogen and oxygen atoms in total. The molecule has 176 valence electrons. The molecule has 4 aliphatic rings. The number of nitrogens with one attached hydrogen (secondary N) is 1. The van der Waals surface area contributed by atoms with E-state index in [1.54, 1.807) is 18.5 Å². The molecule has 4 aliphatic heterocycles. The molecule has 0 radical (unpaired) electrons. The monoisotopic (exact) mass is 448 g/mol. The van der Waals surface area contributed by atoms with E-state index in [2.05, 4.69) is 43.8 Å². The minimum atomic E-state index is -0.192. The summed E-state index contributed by atoms with van der Waals surface area (Å²) >= 11 is 0. The molecular formula is C26H36N6O. The van der Waals surface area contributed by atoms with Crippen molar-refractivity contribution in [3.8, 4) is 0 Å². The van der Waals surface area contributed by atoms with Crippen molar-refractivity contribution in [3.63, 3.8) is 0 Å². The first kappa shape index (κ1) is 22.3. The summed E-state index contributed by atoms with van der Waals surface area (Å²) in [6.45, 7) is 10.3. The molecule has 2 unspecified atom stereocenters. The molecule has 2 bridgehead atoms. The van der Waals surface area contributed by atoms with E-state index < -0.39 is 0 Å². The van der Waals surface area contributed by atoms with Gasteiger partial charge in [0.1, 0.15) is 11.5 Å². The lowest BCUT2D eigenvalue weighted by atomic mass is 9.90. The summed E-state index contributed by atoms with van der Waals surface area (Å²) in [6.07, 6.45) is 8.59. The van der Waals surface area contributed by atoms with Crippen molar-refractivity contribution in [2.75, 3.05) is 42.9 Å². The Kier molecular flexibility index (Phi) is 6.60. The lowest BCUT2D eigenvalue weighted by Crippen LogP contribution is -2.53. The Bertz CT molecular complexity index is 943. The van der Waals surface area contributed by atoms with E-state index in [0.717, 1.165) is 24.6 Å². The molecular weight excluding hydrogens is 412 g/mol. The van der Waals surface area contributed by atoms with E-state index in [0.29, 0.717) is 29.7 Å². The molecule has 1 N–H and O–H groups in total. The number of aromatic nitrogens is 2. The number of nitrogens with zero attached hydrogens (tertiary/aromatic N) is 5. The normalized spacial score (nSPS) is 24.8. The molecule has 2 aromatic rings. The minimum Gasteiger partial charge on any atom is -0.355 e. The van der Waals surface area contributed by atoms with Gasteiger partial charge in [-0.2, -0.15) is 0 Å². The van der Waals surface area contributed by atoms with E-state index in [4.69, 9.17) is 0 Å². The van der Waals surface area contributed by atoms with E-state index >= 15 is 0 Å². The lowest BCUT2D eigenvalue weighted by molar-refractivity contribution is 0.0373. The molecule has 7 heteroatoms. The fourth-order valence-corrected chi connectivity index (χ4v) is 5.85. The van der Waals surface area contributed by atoms with Gasteiger partial charge in [-0.15, -0.1) is 0 Å². The van der Waals surface area contributed by atoms with Crippen molar-refractivity contribution in [2.45, 2.75) is 57.7 Å². The summed E-state index contributed by atoms with van der Waals surface area (Å²) in [6, 6.07) is 11.2. The van der Waals surface area contributed by atoms with Crippen LogP contribution in [0.2, 0.25) is 0 Å². The number of carbonyl (C=O) groups is 1. The summed E-state index contributed by atoms with van der Waals surface area (Å²) in [5.41, 5.74) is 1.19. The molecule has 6 heterocycles. The first-order valence-electron chi connectivity index (χ1n) is 12.5. The summed E-state index contributed by atoms with van der Waals surface area (Å²) in [5.74, 6) is 1.45. The van der Waals surface area contributed by atoms with Crippen molar-refractivity contribution < 1.29 is 4.79 Å². The molecule has 0 spiro atoms. The summed E-state index contributed by atoms with van der Waals surface area (Å²) in [7, 11) is 0. The van der Waals surface area contributed by atoms with Crippen LogP contribution >= 0.6 is 0 Å². The first-order valence-corrected chi connectivity index (χ1v) is 12.5. The van der Waals surface area contributed by atoms with Crippen LogP contribution in [0.4, 0.5) is 11.5 Å². The van der Waals surface area contributed by atoms with Gasteiger partial charge in [-0.3, -0.25) is 14.7 Å². The third-order valence-electron chi connectivity index (χ3n) is 7.68. The highest BCUT2D eigenvalue weighted by atomic mass is 16.1. The molecule has 0 aromatic carbocycles. The van der Waals surface area contributed by atoms with Crippen LogP contribution < -0.4 is 10.2 Å². The molecule has 2 atom stereocenters. The van der Waals surface area contributed by atoms with Crippen molar-refractivity contribution in [2.24, 2.45) is 5.92 Å². The fraction of sp³-hybridized carbons (Fsp3) is 0.577. The summed E-state index contributed by atoms with van der Waals surface area (Å²) < 4.78 is 0. The Morgan fingerprint density at radius 2 is 1.82 bits per heavy atom. The third-order valence-corrected chi connectivity index (χ3v) is 7.68. The Morgan fingerprint density at radius 1 is 0.970 bits per heavy atom. The van der Waals surface area contributed by atoms with Crippen LogP contribution in [0.1, 0.15) is 50.0 Å². The highest BCUT2D eigenvalue weighted by Crippen LogP contribution is 2.34. The molecule has 0 aliphatic carbocycles. The SMILES string of the molecule is CC(C)N1CCC(N2CC3CCC2CN(c2cc(NC(=O)c4ccccn4)ccn2)C3)CC1. The zero-order valence-electron chi connectivity index (χ0n) is 19.9. The van der Waals surface area contributed by atoms with E-state index in [1.807, 2.05) is 24.3 Å². The third kappa shape index (κ3) is 5.04. The van der Waals surface area contributed by atoms with Crippen LogP contribution in [0.5, 0.6) is 0 Å². The molecule has 4 saturated heterocycles. The Hall–Kier alpha value is -2.51. The van der Waals surface area contributed by atoms with Gasteiger partial charge in [0.25, 0.3) is 5.91 Å². The van der Waals surface area contributed by atoms with Gasteiger partial charge < -0.3 is 15.1 Å². The van der Waals surface area contributed by atoms with Gasteiger partial charge >= 0.3 is 0 Å². The van der Waals surface area contributed by atoms with E-state index in [9.17, 15) is 4.79 Å². The maximum Gasteiger partial charge on any atom is 0.274 e. The number of pyridine rings is 2. The van der Waals surface area contributed by atoms with Crippen molar-refractivity contribution >= 4 is 17.4 Å². The highest BCUT2D eigenvalue weighted by Gasteiger charge is 2.39. The van der Waals surface area contributed by atoms with Gasteiger partial charge in [-0.1, -0.05) is 6.07 Å². The molecule has 6 rings (SSSR count). The number of hydrogen-bond donors (Lipinski definition) is 1. The maximum atomic E-state index is 12.5. The minimum absolute atomic E-state index is 0.192.